The quantitative estimate of drug-likeness (QED) is 0.764. The average molecular weight is 443 g/mol. The summed E-state index contributed by atoms with van der Waals surface area (Å²) in [5.74, 6) is -1.80. The summed E-state index contributed by atoms with van der Waals surface area (Å²) in [5, 5.41) is 3.37. The van der Waals surface area contributed by atoms with Gasteiger partial charge in [-0.15, -0.1) is 0 Å². The molecule has 2 fully saturated rings. The van der Waals surface area contributed by atoms with Gasteiger partial charge in [0.15, 0.2) is 0 Å². The molecule has 8 heteroatoms. The molecule has 0 bridgehead atoms. The molecule has 3 aliphatic rings. The van der Waals surface area contributed by atoms with E-state index in [1.165, 1.54) is 0 Å². The molecule has 3 heterocycles. The van der Waals surface area contributed by atoms with Gasteiger partial charge in [0, 0.05) is 31.3 Å². The molecule has 32 heavy (non-hydrogen) atoms. The highest BCUT2D eigenvalue weighted by atomic mass is 19.3. The number of aromatic nitrogens is 1. The standard InChI is InChI=1S/C24H28F2N4O2/c1-32-19-7-5-17(6-8-19)23(31)30-13-18-3-2-10-27-22(18)28-20-9-4-16(11-21(20)30)12-29-14-24(25,26)15-29/h2-4,9-11,17,19H,5-8,12-15H2,1H3,(H,27,28)/t17-,19-. The number of fused-ring (bicyclic) bond motifs is 2. The minimum Gasteiger partial charge on any atom is -0.381 e. The van der Waals surface area contributed by atoms with Crippen molar-refractivity contribution in [2.45, 2.75) is 50.8 Å². The maximum absolute atomic E-state index is 13.7. The monoisotopic (exact) mass is 442 g/mol. The number of nitrogens with zero attached hydrogens (tertiary/aromatic N) is 3. The number of carbonyl (C=O) groups is 1. The van der Waals surface area contributed by atoms with Gasteiger partial charge < -0.3 is 15.0 Å². The van der Waals surface area contributed by atoms with Gasteiger partial charge in [-0.25, -0.2) is 13.8 Å². The number of hydrogen-bond donors (Lipinski definition) is 1. The number of amides is 1. The summed E-state index contributed by atoms with van der Waals surface area (Å²) >= 11 is 0. The van der Waals surface area contributed by atoms with Crippen molar-refractivity contribution in [1.29, 1.82) is 0 Å². The molecule has 6 nitrogen and oxygen atoms in total. The van der Waals surface area contributed by atoms with E-state index in [1.54, 1.807) is 18.2 Å². The van der Waals surface area contributed by atoms with Crippen LogP contribution in [0.5, 0.6) is 0 Å². The molecule has 1 aromatic carbocycles. The lowest BCUT2D eigenvalue weighted by Crippen LogP contribution is -2.55. The molecule has 1 amide bonds. The largest absolute Gasteiger partial charge is 0.381 e. The number of pyridine rings is 1. The van der Waals surface area contributed by atoms with Gasteiger partial charge in [-0.2, -0.15) is 0 Å². The predicted octanol–water partition coefficient (Wildman–Crippen LogP) is 4.33. The summed E-state index contributed by atoms with van der Waals surface area (Å²) in [6.07, 6.45) is 5.33. The zero-order valence-electron chi connectivity index (χ0n) is 18.2. The second-order valence-electron chi connectivity index (χ2n) is 9.12. The third-order valence-electron chi connectivity index (χ3n) is 6.76. The lowest BCUT2D eigenvalue weighted by molar-refractivity contribution is -0.133. The third kappa shape index (κ3) is 4.21. The number of methoxy groups -OCH3 is 1. The topological polar surface area (TPSA) is 57.7 Å². The maximum Gasteiger partial charge on any atom is 0.272 e. The Balaban J connectivity index is 1.44. The molecule has 0 radical (unpaired) electrons. The first kappa shape index (κ1) is 21.3. The molecule has 5 rings (SSSR count). The van der Waals surface area contributed by atoms with E-state index < -0.39 is 5.92 Å². The highest BCUT2D eigenvalue weighted by Crippen LogP contribution is 2.39. The summed E-state index contributed by atoms with van der Waals surface area (Å²) in [4.78, 5) is 21.7. The number of alkyl halides is 2. The molecule has 2 aromatic rings. The van der Waals surface area contributed by atoms with Gasteiger partial charge in [0.2, 0.25) is 5.91 Å². The van der Waals surface area contributed by atoms with Gasteiger partial charge in [-0.3, -0.25) is 9.69 Å². The number of halogens is 2. The molecular formula is C24H28F2N4O2. The van der Waals surface area contributed by atoms with Crippen LogP contribution in [0, 0.1) is 5.92 Å². The van der Waals surface area contributed by atoms with Crippen molar-refractivity contribution in [1.82, 2.24) is 9.88 Å². The van der Waals surface area contributed by atoms with Crippen LogP contribution in [0.2, 0.25) is 0 Å². The van der Waals surface area contributed by atoms with Gasteiger partial charge in [0.25, 0.3) is 5.92 Å². The Morgan fingerprint density at radius 3 is 2.72 bits per heavy atom. The van der Waals surface area contributed by atoms with Crippen LogP contribution in [0.4, 0.5) is 26.0 Å². The van der Waals surface area contributed by atoms with E-state index in [4.69, 9.17) is 4.74 Å². The summed E-state index contributed by atoms with van der Waals surface area (Å²) in [5.41, 5.74) is 3.46. The lowest BCUT2D eigenvalue weighted by Gasteiger charge is -2.39. The molecule has 2 aliphatic heterocycles. The zero-order chi connectivity index (χ0) is 22.3. The Labute approximate surface area is 186 Å². The molecule has 1 saturated carbocycles. The van der Waals surface area contributed by atoms with Gasteiger partial charge in [0.1, 0.15) is 5.82 Å². The fourth-order valence-corrected chi connectivity index (χ4v) is 5.01. The van der Waals surface area contributed by atoms with Crippen molar-refractivity contribution < 1.29 is 18.3 Å². The molecular weight excluding hydrogens is 414 g/mol. The summed E-state index contributed by atoms with van der Waals surface area (Å²) in [7, 11) is 1.73. The van der Waals surface area contributed by atoms with Crippen LogP contribution in [0.3, 0.4) is 0 Å². The van der Waals surface area contributed by atoms with E-state index in [0.29, 0.717) is 13.1 Å². The van der Waals surface area contributed by atoms with Crippen LogP contribution in [-0.4, -0.2) is 48.0 Å². The van der Waals surface area contributed by atoms with Gasteiger partial charge >= 0.3 is 0 Å². The highest BCUT2D eigenvalue weighted by molar-refractivity contribution is 5.99. The van der Waals surface area contributed by atoms with Gasteiger partial charge in [0.05, 0.1) is 37.1 Å². The molecule has 0 atom stereocenters. The first-order chi connectivity index (χ1) is 15.4. The second-order valence-corrected chi connectivity index (χ2v) is 9.12. The number of benzene rings is 1. The second kappa shape index (κ2) is 8.41. The number of hydrogen-bond acceptors (Lipinski definition) is 5. The SMILES string of the molecule is CO[C@H]1CC[C@H](C(=O)N2Cc3cccnc3Nc3ccc(CN4CC(F)(F)C4)cc32)CC1. The maximum atomic E-state index is 13.7. The van der Waals surface area contributed by atoms with E-state index in [2.05, 4.69) is 10.3 Å². The first-order valence-electron chi connectivity index (χ1n) is 11.2. The minimum absolute atomic E-state index is 0.0507. The number of anilines is 3. The number of ether oxygens (including phenoxy) is 1. The fourth-order valence-electron chi connectivity index (χ4n) is 5.01. The summed E-state index contributed by atoms with van der Waals surface area (Å²) in [6.45, 7) is 0.429. The Morgan fingerprint density at radius 2 is 2.00 bits per heavy atom. The minimum atomic E-state index is -2.59. The number of likely N-dealkylation sites (tertiary alicyclic amines) is 1. The fraction of sp³-hybridized carbons (Fsp3) is 0.500. The molecule has 1 saturated heterocycles. The Kier molecular flexibility index (Phi) is 5.59. The zero-order valence-corrected chi connectivity index (χ0v) is 18.2. The lowest BCUT2D eigenvalue weighted by atomic mass is 9.86. The summed E-state index contributed by atoms with van der Waals surface area (Å²) in [6, 6.07) is 9.67. The van der Waals surface area contributed by atoms with Crippen LogP contribution < -0.4 is 10.2 Å². The average Bonchev–Trinajstić information content (AvgIpc) is 2.94. The smallest absolute Gasteiger partial charge is 0.272 e. The normalized spacial score (nSPS) is 24.5. The molecule has 1 aromatic heterocycles. The predicted molar refractivity (Wildman–Crippen MR) is 118 cm³/mol. The Hall–Kier alpha value is -2.58. The number of rotatable bonds is 4. The molecule has 1 N–H and O–H groups in total. The Morgan fingerprint density at radius 1 is 1.22 bits per heavy atom. The van der Waals surface area contributed by atoms with Gasteiger partial charge in [-0.05, 0) is 49.4 Å². The van der Waals surface area contributed by atoms with Crippen LogP contribution in [0.1, 0.15) is 36.8 Å². The molecule has 1 aliphatic carbocycles. The van der Waals surface area contributed by atoms with E-state index in [1.807, 2.05) is 35.2 Å². The molecule has 170 valence electrons. The van der Waals surface area contributed by atoms with Crippen molar-refractivity contribution in [3.05, 3.63) is 47.7 Å². The molecule has 0 spiro atoms. The van der Waals surface area contributed by atoms with E-state index >= 15 is 0 Å². The number of carbonyl (C=O) groups excluding carboxylic acids is 1. The number of nitrogens with one attached hydrogen (secondary N) is 1. The summed E-state index contributed by atoms with van der Waals surface area (Å²) < 4.78 is 32.0. The third-order valence-corrected chi connectivity index (χ3v) is 6.76. The van der Waals surface area contributed by atoms with Crippen molar-refractivity contribution in [2.75, 3.05) is 30.4 Å². The van der Waals surface area contributed by atoms with E-state index in [0.717, 1.165) is 54.0 Å². The van der Waals surface area contributed by atoms with Crippen molar-refractivity contribution in [2.24, 2.45) is 5.92 Å². The van der Waals surface area contributed by atoms with E-state index in [9.17, 15) is 13.6 Å². The Bertz CT molecular complexity index is 999. The van der Waals surface area contributed by atoms with Crippen molar-refractivity contribution >= 4 is 23.1 Å². The van der Waals surface area contributed by atoms with Crippen LogP contribution >= 0.6 is 0 Å². The van der Waals surface area contributed by atoms with Crippen molar-refractivity contribution in [3.8, 4) is 0 Å². The molecule has 0 unspecified atom stereocenters. The highest BCUT2D eigenvalue weighted by Gasteiger charge is 2.43. The first-order valence-corrected chi connectivity index (χ1v) is 11.2. The van der Waals surface area contributed by atoms with Gasteiger partial charge in [-0.1, -0.05) is 12.1 Å². The van der Waals surface area contributed by atoms with Crippen LogP contribution in [-0.2, 0) is 22.6 Å². The van der Waals surface area contributed by atoms with E-state index in [-0.39, 0.29) is 31.0 Å². The van der Waals surface area contributed by atoms with Crippen molar-refractivity contribution in [3.63, 3.8) is 0 Å². The van der Waals surface area contributed by atoms with Crippen LogP contribution in [0.25, 0.3) is 0 Å². The van der Waals surface area contributed by atoms with Crippen LogP contribution in [0.15, 0.2) is 36.5 Å².